The lowest BCUT2D eigenvalue weighted by Crippen LogP contribution is -2.22. The van der Waals surface area contributed by atoms with Crippen molar-refractivity contribution < 1.29 is 14.3 Å². The molecule has 2 aromatic carbocycles. The van der Waals surface area contributed by atoms with E-state index in [1.807, 2.05) is 25.1 Å². The van der Waals surface area contributed by atoms with E-state index >= 15 is 0 Å². The zero-order valence-corrected chi connectivity index (χ0v) is 15.2. The predicted molar refractivity (Wildman–Crippen MR) is 98.0 cm³/mol. The molecular weight excluding hydrogens is 369 g/mol. The summed E-state index contributed by atoms with van der Waals surface area (Å²) in [6, 6.07) is 12.4. The van der Waals surface area contributed by atoms with E-state index in [1.165, 1.54) is 11.8 Å². The van der Waals surface area contributed by atoms with Gasteiger partial charge >= 0.3 is 5.97 Å². The van der Waals surface area contributed by atoms with Gasteiger partial charge < -0.3 is 10.1 Å². The number of nitrogens with one attached hydrogen (secondary N) is 1. The number of hydrogen-bond acceptors (Lipinski definition) is 4. The van der Waals surface area contributed by atoms with Crippen molar-refractivity contribution in [3.63, 3.8) is 0 Å². The number of halogens is 2. The summed E-state index contributed by atoms with van der Waals surface area (Å²) in [7, 11) is 0. The number of ether oxygens (including phenoxy) is 1. The van der Waals surface area contributed by atoms with Gasteiger partial charge in [0.2, 0.25) is 0 Å². The average molecular weight is 384 g/mol. The van der Waals surface area contributed by atoms with Crippen molar-refractivity contribution in [1.29, 1.82) is 0 Å². The van der Waals surface area contributed by atoms with Gasteiger partial charge in [-0.25, -0.2) is 0 Å². The molecule has 0 aliphatic heterocycles. The van der Waals surface area contributed by atoms with Gasteiger partial charge in [0.05, 0.1) is 10.8 Å². The maximum absolute atomic E-state index is 11.8. The Hall–Kier alpha value is -1.69. The molecule has 4 nitrogen and oxygen atoms in total. The summed E-state index contributed by atoms with van der Waals surface area (Å²) in [6.07, 6.45) is 0. The van der Waals surface area contributed by atoms with E-state index in [0.29, 0.717) is 20.6 Å². The number of hydrogen-bond donors (Lipinski definition) is 1. The number of carbonyl (C=O) groups is 2. The van der Waals surface area contributed by atoms with Crippen LogP contribution >= 0.6 is 35.0 Å². The van der Waals surface area contributed by atoms with E-state index in [1.54, 1.807) is 24.3 Å². The highest BCUT2D eigenvalue weighted by molar-refractivity contribution is 8.00. The minimum Gasteiger partial charge on any atom is -0.455 e. The summed E-state index contributed by atoms with van der Waals surface area (Å²) in [5.41, 5.74) is 1.63. The van der Waals surface area contributed by atoms with Gasteiger partial charge in [0, 0.05) is 15.6 Å². The van der Waals surface area contributed by atoms with Gasteiger partial charge in [-0.05, 0) is 36.8 Å². The third-order valence-electron chi connectivity index (χ3n) is 3.02. The number of aryl methyl sites for hydroxylation is 1. The molecule has 0 radical (unpaired) electrons. The molecule has 1 N–H and O–H groups in total. The molecule has 126 valence electrons. The maximum atomic E-state index is 11.8. The molecule has 2 aromatic rings. The second kappa shape index (κ2) is 8.97. The Kier molecular flexibility index (Phi) is 6.97. The molecule has 0 aliphatic rings. The number of rotatable bonds is 6. The molecule has 0 saturated heterocycles. The van der Waals surface area contributed by atoms with Crippen molar-refractivity contribution >= 4 is 52.5 Å². The van der Waals surface area contributed by atoms with Crippen molar-refractivity contribution in [1.82, 2.24) is 0 Å². The first kappa shape index (κ1) is 18.6. The lowest BCUT2D eigenvalue weighted by Gasteiger charge is -2.09. The minimum absolute atomic E-state index is 0.0394. The van der Waals surface area contributed by atoms with Crippen molar-refractivity contribution in [2.24, 2.45) is 0 Å². The number of benzene rings is 2. The molecule has 0 saturated carbocycles. The maximum Gasteiger partial charge on any atom is 0.316 e. The predicted octanol–water partition coefficient (Wildman–Crippen LogP) is 4.58. The van der Waals surface area contributed by atoms with Crippen LogP contribution in [0.2, 0.25) is 10.0 Å². The molecule has 2 rings (SSSR count). The highest BCUT2D eigenvalue weighted by Gasteiger charge is 2.11. The van der Waals surface area contributed by atoms with Crippen LogP contribution in [0.15, 0.2) is 47.4 Å². The van der Waals surface area contributed by atoms with Crippen LogP contribution < -0.4 is 5.32 Å². The van der Waals surface area contributed by atoms with Crippen LogP contribution in [0.25, 0.3) is 0 Å². The highest BCUT2D eigenvalue weighted by atomic mass is 35.5. The van der Waals surface area contributed by atoms with Crippen LogP contribution in [-0.4, -0.2) is 24.2 Å². The topological polar surface area (TPSA) is 55.4 Å². The Morgan fingerprint density at radius 3 is 2.67 bits per heavy atom. The van der Waals surface area contributed by atoms with Crippen molar-refractivity contribution in [2.75, 3.05) is 17.7 Å². The summed E-state index contributed by atoms with van der Waals surface area (Å²) < 4.78 is 4.96. The SMILES string of the molecule is Cc1ccccc1NC(=O)COC(=O)CSc1cc(Cl)ccc1Cl. The molecule has 0 unspecified atom stereocenters. The third-order valence-corrected chi connectivity index (χ3v) is 4.73. The van der Waals surface area contributed by atoms with E-state index < -0.39 is 5.97 Å². The van der Waals surface area contributed by atoms with Gasteiger partial charge in [0.15, 0.2) is 6.61 Å². The van der Waals surface area contributed by atoms with Gasteiger partial charge in [-0.1, -0.05) is 41.4 Å². The fraction of sp³-hybridized carbons (Fsp3) is 0.176. The number of thioether (sulfide) groups is 1. The van der Waals surface area contributed by atoms with Gasteiger partial charge in [-0.3, -0.25) is 9.59 Å². The smallest absolute Gasteiger partial charge is 0.316 e. The first-order valence-corrected chi connectivity index (χ1v) is 8.79. The molecule has 7 heteroatoms. The van der Waals surface area contributed by atoms with E-state index in [4.69, 9.17) is 27.9 Å². The normalized spacial score (nSPS) is 10.3. The largest absolute Gasteiger partial charge is 0.455 e. The Labute approximate surface area is 154 Å². The van der Waals surface area contributed by atoms with E-state index in [0.717, 1.165) is 5.56 Å². The number of amides is 1. The number of anilines is 1. The molecule has 0 bridgehead atoms. The average Bonchev–Trinajstić information content (AvgIpc) is 2.56. The van der Waals surface area contributed by atoms with Gasteiger partial charge in [-0.2, -0.15) is 0 Å². The third kappa shape index (κ3) is 5.74. The molecule has 1 amide bonds. The Morgan fingerprint density at radius 1 is 1.17 bits per heavy atom. The van der Waals surface area contributed by atoms with Crippen LogP contribution in [0.1, 0.15) is 5.56 Å². The van der Waals surface area contributed by atoms with Crippen LogP contribution in [0.4, 0.5) is 5.69 Å². The Bertz CT molecular complexity index is 752. The van der Waals surface area contributed by atoms with Gasteiger partial charge in [-0.15, -0.1) is 11.8 Å². The first-order chi connectivity index (χ1) is 11.5. The number of para-hydroxylation sites is 1. The van der Waals surface area contributed by atoms with Crippen LogP contribution in [0.5, 0.6) is 0 Å². The Balaban J connectivity index is 1.77. The van der Waals surface area contributed by atoms with Gasteiger partial charge in [0.1, 0.15) is 0 Å². The molecule has 0 aromatic heterocycles. The molecule has 24 heavy (non-hydrogen) atoms. The zero-order chi connectivity index (χ0) is 17.5. The fourth-order valence-corrected chi connectivity index (χ4v) is 3.10. The van der Waals surface area contributed by atoms with Crippen LogP contribution in [-0.2, 0) is 14.3 Å². The van der Waals surface area contributed by atoms with Crippen molar-refractivity contribution in [2.45, 2.75) is 11.8 Å². The quantitative estimate of drug-likeness (QED) is 0.585. The van der Waals surface area contributed by atoms with Gasteiger partial charge in [0.25, 0.3) is 5.91 Å². The fourth-order valence-electron chi connectivity index (χ4n) is 1.81. The summed E-state index contributed by atoms with van der Waals surface area (Å²) in [5, 5.41) is 3.74. The molecule has 0 spiro atoms. The standard InChI is InChI=1S/C17H15Cl2NO3S/c1-11-4-2-3-5-14(11)20-16(21)9-23-17(22)10-24-15-8-12(18)6-7-13(15)19/h2-8H,9-10H2,1H3,(H,20,21). The summed E-state index contributed by atoms with van der Waals surface area (Å²) in [6.45, 7) is 1.55. The van der Waals surface area contributed by atoms with E-state index in [9.17, 15) is 9.59 Å². The Morgan fingerprint density at radius 2 is 1.92 bits per heavy atom. The lowest BCUT2D eigenvalue weighted by atomic mass is 10.2. The molecular formula is C17H15Cl2NO3S. The van der Waals surface area contributed by atoms with Crippen molar-refractivity contribution in [3.8, 4) is 0 Å². The summed E-state index contributed by atoms with van der Waals surface area (Å²) in [4.78, 5) is 24.2. The molecule has 0 heterocycles. The number of carbonyl (C=O) groups excluding carboxylic acids is 2. The second-order valence-electron chi connectivity index (χ2n) is 4.89. The van der Waals surface area contributed by atoms with Crippen LogP contribution in [0.3, 0.4) is 0 Å². The molecule has 0 aliphatic carbocycles. The number of esters is 1. The highest BCUT2D eigenvalue weighted by Crippen LogP contribution is 2.29. The molecule has 0 fully saturated rings. The summed E-state index contributed by atoms with van der Waals surface area (Å²) >= 11 is 13.1. The lowest BCUT2D eigenvalue weighted by molar-refractivity contribution is -0.144. The second-order valence-corrected chi connectivity index (χ2v) is 6.75. The first-order valence-electron chi connectivity index (χ1n) is 7.04. The van der Waals surface area contributed by atoms with E-state index in [2.05, 4.69) is 5.32 Å². The minimum atomic E-state index is -0.504. The monoisotopic (exact) mass is 383 g/mol. The van der Waals surface area contributed by atoms with E-state index in [-0.39, 0.29) is 18.3 Å². The summed E-state index contributed by atoms with van der Waals surface area (Å²) in [5.74, 6) is -0.850. The zero-order valence-electron chi connectivity index (χ0n) is 12.8. The van der Waals surface area contributed by atoms with Crippen molar-refractivity contribution in [3.05, 3.63) is 58.1 Å². The van der Waals surface area contributed by atoms with Crippen LogP contribution in [0, 0.1) is 6.92 Å². The molecule has 0 atom stereocenters.